The van der Waals surface area contributed by atoms with Gasteiger partial charge in [-0.15, -0.1) is 0 Å². The van der Waals surface area contributed by atoms with E-state index in [1.807, 2.05) is 0 Å². The monoisotopic (exact) mass is 260 g/mol. The van der Waals surface area contributed by atoms with Crippen LogP contribution in [0, 0.1) is 5.92 Å². The van der Waals surface area contributed by atoms with Gasteiger partial charge in [-0.1, -0.05) is 68.9 Å². The molecule has 106 valence electrons. The molecule has 19 heavy (non-hydrogen) atoms. The maximum Gasteiger partial charge on any atom is 0.0543 e. The molecule has 1 unspecified atom stereocenters. The van der Waals surface area contributed by atoms with Crippen molar-refractivity contribution in [1.82, 2.24) is 0 Å². The zero-order chi connectivity index (χ0) is 13.3. The molecular weight excluding hydrogens is 232 g/mol. The van der Waals surface area contributed by atoms with Crippen LogP contribution in [0.2, 0.25) is 0 Å². The third-order valence-corrected chi connectivity index (χ3v) is 4.43. The summed E-state index contributed by atoms with van der Waals surface area (Å²) >= 11 is 0. The Labute approximate surface area is 118 Å². The smallest absolute Gasteiger partial charge is 0.0543 e. The molecule has 0 radical (unpaired) electrons. The van der Waals surface area contributed by atoms with Gasteiger partial charge in [0.2, 0.25) is 0 Å². The van der Waals surface area contributed by atoms with E-state index in [1.165, 1.54) is 44.1 Å². The van der Waals surface area contributed by atoms with E-state index >= 15 is 0 Å². The molecule has 1 heteroatoms. The lowest BCUT2D eigenvalue weighted by atomic mass is 9.91. The molecule has 0 heterocycles. The van der Waals surface area contributed by atoms with Gasteiger partial charge in [0.15, 0.2) is 0 Å². The van der Waals surface area contributed by atoms with Crippen LogP contribution in [-0.2, 0) is 6.42 Å². The molecule has 0 bridgehead atoms. The topological polar surface area (TPSA) is 20.2 Å². The zero-order valence-corrected chi connectivity index (χ0v) is 12.1. The second-order valence-electron chi connectivity index (χ2n) is 6.12. The third-order valence-electron chi connectivity index (χ3n) is 4.43. The predicted molar refractivity (Wildman–Crippen MR) is 81.2 cm³/mol. The predicted octanol–water partition coefficient (Wildman–Crippen LogP) is 4.73. The lowest BCUT2D eigenvalue weighted by Crippen LogP contribution is -2.13. The van der Waals surface area contributed by atoms with Crippen molar-refractivity contribution in [2.24, 2.45) is 5.92 Å². The van der Waals surface area contributed by atoms with Crippen LogP contribution in [0.1, 0.15) is 63.4 Å². The number of aliphatic hydroxyl groups excluding tert-OH is 1. The SMILES string of the molecule is OC(CCCc1ccccc1)CC1CCCCCC1. The van der Waals surface area contributed by atoms with E-state index in [2.05, 4.69) is 30.3 Å². The first-order valence-electron chi connectivity index (χ1n) is 8.06. The summed E-state index contributed by atoms with van der Waals surface area (Å²) in [7, 11) is 0. The van der Waals surface area contributed by atoms with Crippen LogP contribution in [0.4, 0.5) is 0 Å². The molecule has 0 saturated heterocycles. The van der Waals surface area contributed by atoms with E-state index in [1.54, 1.807) is 0 Å². The van der Waals surface area contributed by atoms with Crippen molar-refractivity contribution in [1.29, 1.82) is 0 Å². The quantitative estimate of drug-likeness (QED) is 0.733. The molecule has 0 aromatic heterocycles. The summed E-state index contributed by atoms with van der Waals surface area (Å²) in [6.45, 7) is 0. The van der Waals surface area contributed by atoms with Crippen LogP contribution in [0.3, 0.4) is 0 Å². The van der Waals surface area contributed by atoms with Crippen LogP contribution < -0.4 is 0 Å². The van der Waals surface area contributed by atoms with Crippen molar-refractivity contribution in [2.45, 2.75) is 70.3 Å². The van der Waals surface area contributed by atoms with E-state index in [-0.39, 0.29) is 6.10 Å². The molecule has 0 aliphatic heterocycles. The van der Waals surface area contributed by atoms with E-state index in [0.717, 1.165) is 31.6 Å². The summed E-state index contributed by atoms with van der Waals surface area (Å²) in [6, 6.07) is 10.6. The number of aliphatic hydroxyl groups is 1. The minimum Gasteiger partial charge on any atom is -0.393 e. The van der Waals surface area contributed by atoms with Gasteiger partial charge in [-0.25, -0.2) is 0 Å². The molecular formula is C18H28O. The first-order valence-corrected chi connectivity index (χ1v) is 8.06. The molecule has 0 spiro atoms. The Morgan fingerprint density at radius 1 is 1.00 bits per heavy atom. The summed E-state index contributed by atoms with van der Waals surface area (Å²) in [6.07, 6.45) is 12.4. The molecule has 1 fully saturated rings. The summed E-state index contributed by atoms with van der Waals surface area (Å²) in [5.41, 5.74) is 1.39. The average Bonchev–Trinajstić information content (AvgIpc) is 2.68. The highest BCUT2D eigenvalue weighted by atomic mass is 16.3. The Bertz CT molecular complexity index is 325. The fourth-order valence-electron chi connectivity index (χ4n) is 3.29. The number of hydrogen-bond acceptors (Lipinski definition) is 1. The molecule has 0 amide bonds. The van der Waals surface area contributed by atoms with Gasteiger partial charge in [-0.05, 0) is 37.2 Å². The van der Waals surface area contributed by atoms with E-state index in [9.17, 15) is 5.11 Å². The lowest BCUT2D eigenvalue weighted by Gasteiger charge is -2.18. The molecule has 1 N–H and O–H groups in total. The summed E-state index contributed by atoms with van der Waals surface area (Å²) in [5, 5.41) is 10.2. The highest BCUT2D eigenvalue weighted by Crippen LogP contribution is 2.27. The normalized spacial score (nSPS) is 19.0. The van der Waals surface area contributed by atoms with Crippen molar-refractivity contribution in [3.05, 3.63) is 35.9 Å². The minimum absolute atomic E-state index is 0.0770. The first kappa shape index (κ1) is 14.6. The van der Waals surface area contributed by atoms with Gasteiger partial charge in [0.25, 0.3) is 0 Å². The molecule has 1 saturated carbocycles. The van der Waals surface area contributed by atoms with Gasteiger partial charge in [0.1, 0.15) is 0 Å². The van der Waals surface area contributed by atoms with Crippen molar-refractivity contribution in [3.8, 4) is 0 Å². The van der Waals surface area contributed by atoms with Gasteiger partial charge in [0.05, 0.1) is 6.10 Å². The van der Waals surface area contributed by atoms with Crippen molar-refractivity contribution in [2.75, 3.05) is 0 Å². The summed E-state index contributed by atoms with van der Waals surface area (Å²) in [4.78, 5) is 0. The summed E-state index contributed by atoms with van der Waals surface area (Å²) in [5.74, 6) is 0.786. The van der Waals surface area contributed by atoms with Gasteiger partial charge in [-0.3, -0.25) is 0 Å². The number of hydrogen-bond donors (Lipinski definition) is 1. The Morgan fingerprint density at radius 3 is 2.37 bits per heavy atom. The Balaban J connectivity index is 1.62. The molecule has 1 aromatic carbocycles. The van der Waals surface area contributed by atoms with E-state index < -0.39 is 0 Å². The van der Waals surface area contributed by atoms with Gasteiger partial charge < -0.3 is 5.11 Å². The fraction of sp³-hybridized carbons (Fsp3) is 0.667. The van der Waals surface area contributed by atoms with Crippen LogP contribution in [0.15, 0.2) is 30.3 Å². The Morgan fingerprint density at radius 2 is 1.68 bits per heavy atom. The molecule has 2 rings (SSSR count). The van der Waals surface area contributed by atoms with Crippen LogP contribution in [0.5, 0.6) is 0 Å². The van der Waals surface area contributed by atoms with Crippen molar-refractivity contribution in [3.63, 3.8) is 0 Å². The lowest BCUT2D eigenvalue weighted by molar-refractivity contribution is 0.126. The zero-order valence-electron chi connectivity index (χ0n) is 12.1. The number of aryl methyl sites for hydroxylation is 1. The Hall–Kier alpha value is -0.820. The second kappa shape index (κ2) is 8.37. The molecule has 1 aromatic rings. The van der Waals surface area contributed by atoms with Crippen LogP contribution in [0.25, 0.3) is 0 Å². The molecule has 1 aliphatic rings. The first-order chi connectivity index (χ1) is 9.34. The van der Waals surface area contributed by atoms with Crippen LogP contribution in [-0.4, -0.2) is 11.2 Å². The average molecular weight is 260 g/mol. The Kier molecular flexibility index (Phi) is 6.43. The maximum atomic E-state index is 10.2. The standard InChI is InChI=1S/C18H28O/c19-18(15-17-11-4-1-2-5-12-17)14-8-13-16-9-6-3-7-10-16/h3,6-7,9-10,17-19H,1-2,4-5,8,11-15H2. The largest absolute Gasteiger partial charge is 0.393 e. The number of benzene rings is 1. The summed E-state index contributed by atoms with van der Waals surface area (Å²) < 4.78 is 0. The van der Waals surface area contributed by atoms with Crippen LogP contribution >= 0.6 is 0 Å². The molecule has 1 atom stereocenters. The van der Waals surface area contributed by atoms with Gasteiger partial charge >= 0.3 is 0 Å². The fourth-order valence-corrected chi connectivity index (χ4v) is 3.29. The van der Waals surface area contributed by atoms with E-state index in [4.69, 9.17) is 0 Å². The van der Waals surface area contributed by atoms with Crippen molar-refractivity contribution >= 4 is 0 Å². The maximum absolute atomic E-state index is 10.2. The van der Waals surface area contributed by atoms with Crippen molar-refractivity contribution < 1.29 is 5.11 Å². The number of rotatable bonds is 6. The van der Waals surface area contributed by atoms with Gasteiger partial charge in [0, 0.05) is 0 Å². The molecule has 1 nitrogen and oxygen atoms in total. The third kappa shape index (κ3) is 5.78. The van der Waals surface area contributed by atoms with E-state index in [0.29, 0.717) is 0 Å². The highest BCUT2D eigenvalue weighted by Gasteiger charge is 2.16. The minimum atomic E-state index is -0.0770. The highest BCUT2D eigenvalue weighted by molar-refractivity contribution is 5.14. The second-order valence-corrected chi connectivity index (χ2v) is 6.12. The van der Waals surface area contributed by atoms with Gasteiger partial charge in [-0.2, -0.15) is 0 Å². The molecule has 1 aliphatic carbocycles.